The maximum Gasteiger partial charge on any atom is 0.239 e. The van der Waals surface area contributed by atoms with Crippen molar-refractivity contribution in [2.75, 3.05) is 13.1 Å². The molecule has 1 saturated carbocycles. The molecule has 0 aromatic carbocycles. The summed E-state index contributed by atoms with van der Waals surface area (Å²) >= 11 is 0. The highest BCUT2D eigenvalue weighted by Gasteiger charge is 2.23. The van der Waals surface area contributed by atoms with E-state index < -0.39 is 0 Å². The summed E-state index contributed by atoms with van der Waals surface area (Å²) < 4.78 is 0. The lowest BCUT2D eigenvalue weighted by Crippen LogP contribution is -2.42. The molecular weight excluding hydrogens is 216 g/mol. The highest BCUT2D eigenvalue weighted by molar-refractivity contribution is 5.85. The van der Waals surface area contributed by atoms with E-state index in [0.717, 1.165) is 25.8 Å². The number of hydrogen-bond acceptors (Lipinski definition) is 2. The van der Waals surface area contributed by atoms with E-state index in [1.807, 2.05) is 0 Å². The van der Waals surface area contributed by atoms with Crippen LogP contribution in [0.1, 0.15) is 51.4 Å². The van der Waals surface area contributed by atoms with E-state index in [2.05, 4.69) is 5.32 Å². The van der Waals surface area contributed by atoms with Crippen LogP contribution < -0.4 is 5.32 Å². The standard InChI is InChI=1S/C13H22N2O2/c16-12(10-15-9-5-8-13(15)17)14-11-6-3-1-2-4-7-11/h11H,1-10H2,(H,14,16). The molecule has 0 unspecified atom stereocenters. The van der Waals surface area contributed by atoms with Gasteiger partial charge in [0.15, 0.2) is 0 Å². The fourth-order valence-electron chi connectivity index (χ4n) is 2.74. The molecule has 1 saturated heterocycles. The maximum atomic E-state index is 11.8. The van der Waals surface area contributed by atoms with E-state index in [0.29, 0.717) is 12.5 Å². The normalized spacial score (nSPS) is 22.6. The number of nitrogens with zero attached hydrogens (tertiary/aromatic N) is 1. The van der Waals surface area contributed by atoms with Crippen molar-refractivity contribution < 1.29 is 9.59 Å². The second-order valence-corrected chi connectivity index (χ2v) is 5.17. The van der Waals surface area contributed by atoms with Gasteiger partial charge < -0.3 is 10.2 Å². The second-order valence-electron chi connectivity index (χ2n) is 5.17. The molecule has 0 radical (unpaired) electrons. The van der Waals surface area contributed by atoms with Crippen LogP contribution in [0, 0.1) is 0 Å². The molecule has 17 heavy (non-hydrogen) atoms. The van der Waals surface area contributed by atoms with Gasteiger partial charge in [0.2, 0.25) is 11.8 Å². The fourth-order valence-corrected chi connectivity index (χ4v) is 2.74. The lowest BCUT2D eigenvalue weighted by atomic mass is 10.1. The predicted octanol–water partition coefficient (Wildman–Crippen LogP) is 1.45. The summed E-state index contributed by atoms with van der Waals surface area (Å²) in [7, 11) is 0. The van der Waals surface area contributed by atoms with Gasteiger partial charge in [-0.25, -0.2) is 0 Å². The van der Waals surface area contributed by atoms with Crippen molar-refractivity contribution >= 4 is 11.8 Å². The lowest BCUT2D eigenvalue weighted by molar-refractivity contribution is -0.133. The summed E-state index contributed by atoms with van der Waals surface area (Å²) in [5.74, 6) is 0.146. The lowest BCUT2D eigenvalue weighted by Gasteiger charge is -2.19. The topological polar surface area (TPSA) is 49.4 Å². The first-order valence-electron chi connectivity index (χ1n) is 6.83. The van der Waals surface area contributed by atoms with E-state index >= 15 is 0 Å². The molecule has 2 aliphatic rings. The Labute approximate surface area is 103 Å². The molecule has 1 aliphatic heterocycles. The van der Waals surface area contributed by atoms with Gasteiger partial charge in [-0.1, -0.05) is 25.7 Å². The second kappa shape index (κ2) is 6.03. The molecule has 96 valence electrons. The van der Waals surface area contributed by atoms with Gasteiger partial charge in [-0.3, -0.25) is 9.59 Å². The Kier molecular flexibility index (Phi) is 4.40. The number of likely N-dealkylation sites (tertiary alicyclic amines) is 1. The predicted molar refractivity (Wildman–Crippen MR) is 65.4 cm³/mol. The van der Waals surface area contributed by atoms with Gasteiger partial charge in [0.05, 0.1) is 6.54 Å². The Morgan fingerprint density at radius 1 is 1.18 bits per heavy atom. The molecular formula is C13H22N2O2. The number of carbonyl (C=O) groups excluding carboxylic acids is 2. The van der Waals surface area contributed by atoms with Crippen LogP contribution in [0.4, 0.5) is 0 Å². The summed E-state index contributed by atoms with van der Waals surface area (Å²) in [4.78, 5) is 24.9. The van der Waals surface area contributed by atoms with Crippen molar-refractivity contribution in [3.8, 4) is 0 Å². The molecule has 1 aliphatic carbocycles. The summed E-state index contributed by atoms with van der Waals surface area (Å²) in [5, 5.41) is 3.07. The third-order valence-electron chi connectivity index (χ3n) is 3.73. The molecule has 0 aromatic heterocycles. The van der Waals surface area contributed by atoms with Crippen molar-refractivity contribution in [2.45, 2.75) is 57.4 Å². The monoisotopic (exact) mass is 238 g/mol. The number of carbonyl (C=O) groups is 2. The van der Waals surface area contributed by atoms with Gasteiger partial charge >= 0.3 is 0 Å². The number of amides is 2. The van der Waals surface area contributed by atoms with Crippen molar-refractivity contribution in [1.82, 2.24) is 10.2 Å². The minimum atomic E-state index is 0.0205. The van der Waals surface area contributed by atoms with Gasteiger partial charge in [0, 0.05) is 19.0 Å². The van der Waals surface area contributed by atoms with E-state index in [4.69, 9.17) is 0 Å². The molecule has 2 rings (SSSR count). The first-order chi connectivity index (χ1) is 8.25. The van der Waals surface area contributed by atoms with Crippen molar-refractivity contribution in [1.29, 1.82) is 0 Å². The molecule has 0 aromatic rings. The quantitative estimate of drug-likeness (QED) is 0.756. The summed E-state index contributed by atoms with van der Waals surface area (Å²) in [6, 6.07) is 0.336. The number of hydrogen-bond donors (Lipinski definition) is 1. The van der Waals surface area contributed by atoms with E-state index in [1.165, 1.54) is 25.7 Å². The minimum absolute atomic E-state index is 0.0205. The van der Waals surface area contributed by atoms with E-state index in [1.54, 1.807) is 4.90 Å². The molecule has 4 heteroatoms. The Bertz CT molecular complexity index is 283. The fraction of sp³-hybridized carbons (Fsp3) is 0.846. The SMILES string of the molecule is O=C(CN1CCCC1=O)NC1CCCCCC1. The smallest absolute Gasteiger partial charge is 0.239 e. The van der Waals surface area contributed by atoms with Crippen LogP contribution in [0.15, 0.2) is 0 Å². The van der Waals surface area contributed by atoms with Gasteiger partial charge in [0.25, 0.3) is 0 Å². The highest BCUT2D eigenvalue weighted by atomic mass is 16.2. The van der Waals surface area contributed by atoms with Crippen molar-refractivity contribution in [3.05, 3.63) is 0 Å². The Balaban J connectivity index is 1.74. The molecule has 2 amide bonds. The minimum Gasteiger partial charge on any atom is -0.352 e. The Morgan fingerprint density at radius 3 is 2.47 bits per heavy atom. The number of nitrogens with one attached hydrogen (secondary N) is 1. The first-order valence-corrected chi connectivity index (χ1v) is 6.83. The number of rotatable bonds is 3. The third-order valence-corrected chi connectivity index (χ3v) is 3.73. The average molecular weight is 238 g/mol. The molecule has 0 bridgehead atoms. The average Bonchev–Trinajstić information content (AvgIpc) is 2.55. The molecule has 0 spiro atoms. The molecule has 2 fully saturated rings. The van der Waals surface area contributed by atoms with Gasteiger partial charge in [-0.2, -0.15) is 0 Å². The zero-order valence-corrected chi connectivity index (χ0v) is 10.4. The summed E-state index contributed by atoms with van der Waals surface area (Å²) in [6.07, 6.45) is 8.71. The van der Waals surface area contributed by atoms with Crippen LogP contribution in [-0.4, -0.2) is 35.8 Å². The molecule has 0 atom stereocenters. The van der Waals surface area contributed by atoms with Gasteiger partial charge in [-0.15, -0.1) is 0 Å². The van der Waals surface area contributed by atoms with Gasteiger partial charge in [0.1, 0.15) is 0 Å². The Hall–Kier alpha value is -1.06. The van der Waals surface area contributed by atoms with Crippen LogP contribution >= 0.6 is 0 Å². The Morgan fingerprint density at radius 2 is 1.88 bits per heavy atom. The molecule has 1 heterocycles. The van der Waals surface area contributed by atoms with Crippen LogP contribution in [-0.2, 0) is 9.59 Å². The maximum absolute atomic E-state index is 11.8. The summed E-state index contributed by atoms with van der Waals surface area (Å²) in [5.41, 5.74) is 0. The van der Waals surface area contributed by atoms with Crippen LogP contribution in [0.25, 0.3) is 0 Å². The molecule has 1 N–H and O–H groups in total. The highest BCUT2D eigenvalue weighted by Crippen LogP contribution is 2.17. The van der Waals surface area contributed by atoms with Crippen LogP contribution in [0.2, 0.25) is 0 Å². The van der Waals surface area contributed by atoms with Gasteiger partial charge in [-0.05, 0) is 19.3 Å². The third kappa shape index (κ3) is 3.72. The first kappa shape index (κ1) is 12.4. The van der Waals surface area contributed by atoms with Crippen LogP contribution in [0.5, 0.6) is 0 Å². The zero-order valence-electron chi connectivity index (χ0n) is 10.4. The van der Waals surface area contributed by atoms with Crippen molar-refractivity contribution in [3.63, 3.8) is 0 Å². The largest absolute Gasteiger partial charge is 0.352 e. The van der Waals surface area contributed by atoms with E-state index in [-0.39, 0.29) is 18.4 Å². The van der Waals surface area contributed by atoms with Crippen LogP contribution in [0.3, 0.4) is 0 Å². The van der Waals surface area contributed by atoms with Crippen molar-refractivity contribution in [2.24, 2.45) is 0 Å². The summed E-state index contributed by atoms with van der Waals surface area (Å²) in [6.45, 7) is 1.01. The molecule has 4 nitrogen and oxygen atoms in total. The zero-order chi connectivity index (χ0) is 12.1. The van der Waals surface area contributed by atoms with E-state index in [9.17, 15) is 9.59 Å².